The molecule has 2 aromatic rings. The predicted octanol–water partition coefficient (Wildman–Crippen LogP) is 5.04. The lowest BCUT2D eigenvalue weighted by molar-refractivity contribution is -0.151. The van der Waals surface area contributed by atoms with Crippen molar-refractivity contribution < 1.29 is 23.9 Å². The van der Waals surface area contributed by atoms with Crippen LogP contribution in [0.25, 0.3) is 5.57 Å². The molecule has 1 spiro atoms. The van der Waals surface area contributed by atoms with E-state index in [0.29, 0.717) is 17.7 Å². The number of para-hydroxylation sites is 1. The Bertz CT molecular complexity index is 1260. The highest BCUT2D eigenvalue weighted by Gasteiger charge is 2.66. The molecule has 0 aromatic heterocycles. The van der Waals surface area contributed by atoms with Crippen LogP contribution >= 0.6 is 15.9 Å². The highest BCUT2D eigenvalue weighted by Crippen LogP contribution is 2.58. The Hall–Kier alpha value is -3.13. The van der Waals surface area contributed by atoms with E-state index < -0.39 is 40.9 Å². The molecule has 7 nitrogen and oxygen atoms in total. The second kappa shape index (κ2) is 7.70. The molecule has 1 N–H and O–H groups in total. The summed E-state index contributed by atoms with van der Waals surface area (Å²) in [7, 11) is 1.32. The molecular weight excluding hydrogens is 500 g/mol. The van der Waals surface area contributed by atoms with Gasteiger partial charge in [0.2, 0.25) is 0 Å². The molecule has 0 saturated heterocycles. The van der Waals surface area contributed by atoms with Crippen molar-refractivity contribution in [2.75, 3.05) is 17.3 Å². The lowest BCUT2D eigenvalue weighted by Crippen LogP contribution is -2.59. The first-order valence-corrected chi connectivity index (χ1v) is 11.9. The van der Waals surface area contributed by atoms with Gasteiger partial charge in [-0.25, -0.2) is 9.69 Å². The number of hydrogen-bond donors (Lipinski definition) is 1. The summed E-state index contributed by atoms with van der Waals surface area (Å²) in [5, 5.41) is 3.49. The number of carbonyl (C=O) groups excluding carboxylic acids is 3. The van der Waals surface area contributed by atoms with Gasteiger partial charge in [0.1, 0.15) is 11.0 Å². The van der Waals surface area contributed by atoms with Crippen molar-refractivity contribution in [2.24, 2.45) is 5.92 Å². The number of amides is 2. The number of anilines is 2. The van der Waals surface area contributed by atoms with Gasteiger partial charge in [0.05, 0.1) is 24.8 Å². The van der Waals surface area contributed by atoms with Crippen LogP contribution in [0.1, 0.15) is 38.3 Å². The molecule has 0 radical (unpaired) electrons. The van der Waals surface area contributed by atoms with Crippen LogP contribution in [0.4, 0.5) is 16.2 Å². The minimum absolute atomic E-state index is 0.300. The zero-order valence-corrected chi connectivity index (χ0v) is 20.9. The minimum atomic E-state index is -1.38. The van der Waals surface area contributed by atoms with E-state index in [0.717, 1.165) is 26.2 Å². The summed E-state index contributed by atoms with van der Waals surface area (Å²) < 4.78 is 11.7. The molecule has 2 aliphatic heterocycles. The SMILES string of the molecule is COC(=O)[C@H]1CC=C2c3cc(Br)ccc3N[C@H]2[C@]12C(=O)N(C(=O)OC(C)(C)C)c1ccccc12. The van der Waals surface area contributed by atoms with Gasteiger partial charge in [-0.2, -0.15) is 0 Å². The molecule has 2 amide bonds. The summed E-state index contributed by atoms with van der Waals surface area (Å²) in [5.74, 6) is -1.81. The molecule has 2 aromatic carbocycles. The van der Waals surface area contributed by atoms with Crippen molar-refractivity contribution in [2.45, 2.75) is 44.2 Å². The fourth-order valence-electron chi connectivity index (χ4n) is 5.45. The number of nitrogens with one attached hydrogen (secondary N) is 1. The van der Waals surface area contributed by atoms with Crippen LogP contribution in [0.3, 0.4) is 0 Å². The van der Waals surface area contributed by atoms with Crippen molar-refractivity contribution in [3.8, 4) is 0 Å². The average molecular weight is 525 g/mol. The summed E-state index contributed by atoms with van der Waals surface area (Å²) in [6.07, 6.45) is 1.53. The van der Waals surface area contributed by atoms with E-state index in [4.69, 9.17) is 9.47 Å². The van der Waals surface area contributed by atoms with Gasteiger partial charge in [-0.05, 0) is 62.6 Å². The highest BCUT2D eigenvalue weighted by molar-refractivity contribution is 9.10. The molecule has 34 heavy (non-hydrogen) atoms. The second-order valence-corrected chi connectivity index (χ2v) is 10.7. The first-order valence-electron chi connectivity index (χ1n) is 11.1. The van der Waals surface area contributed by atoms with Gasteiger partial charge in [-0.15, -0.1) is 0 Å². The number of fused-ring (bicyclic) bond motifs is 6. The number of allylic oxidation sites excluding steroid dienone is 1. The minimum Gasteiger partial charge on any atom is -0.469 e. The number of hydrogen-bond acceptors (Lipinski definition) is 6. The number of benzene rings is 2. The molecule has 1 aliphatic carbocycles. The summed E-state index contributed by atoms with van der Waals surface area (Å²) in [4.78, 5) is 41.9. The van der Waals surface area contributed by atoms with Crippen LogP contribution in [-0.4, -0.2) is 36.7 Å². The average Bonchev–Trinajstić information content (AvgIpc) is 3.26. The van der Waals surface area contributed by atoms with Crippen molar-refractivity contribution in [1.29, 1.82) is 0 Å². The number of rotatable bonds is 1. The lowest BCUT2D eigenvalue weighted by Gasteiger charge is -2.42. The van der Waals surface area contributed by atoms with E-state index in [1.165, 1.54) is 7.11 Å². The summed E-state index contributed by atoms with van der Waals surface area (Å²) in [5.41, 5.74) is 1.61. The van der Waals surface area contributed by atoms with E-state index >= 15 is 0 Å². The third-order valence-corrected chi connectivity index (χ3v) is 7.18. The van der Waals surface area contributed by atoms with E-state index in [9.17, 15) is 14.4 Å². The Labute approximate surface area is 206 Å². The van der Waals surface area contributed by atoms with Gasteiger partial charge in [-0.3, -0.25) is 9.59 Å². The number of esters is 1. The molecule has 0 fully saturated rings. The molecule has 3 aliphatic rings. The Morgan fingerprint density at radius 3 is 2.62 bits per heavy atom. The largest absolute Gasteiger partial charge is 0.469 e. The van der Waals surface area contributed by atoms with Crippen LogP contribution in [0.5, 0.6) is 0 Å². The second-order valence-electron chi connectivity index (χ2n) is 9.75. The van der Waals surface area contributed by atoms with E-state index in [2.05, 4.69) is 21.2 Å². The third-order valence-electron chi connectivity index (χ3n) is 6.69. The Morgan fingerprint density at radius 1 is 1.18 bits per heavy atom. The topological polar surface area (TPSA) is 84.9 Å². The zero-order valence-electron chi connectivity index (χ0n) is 19.3. The first kappa shape index (κ1) is 22.7. The van der Waals surface area contributed by atoms with Gasteiger partial charge in [0.25, 0.3) is 5.91 Å². The third kappa shape index (κ3) is 3.11. The van der Waals surface area contributed by atoms with Crippen LogP contribution in [0.2, 0.25) is 0 Å². The number of methoxy groups -OCH3 is 1. The van der Waals surface area contributed by atoms with E-state index in [-0.39, 0.29) is 0 Å². The molecule has 0 unspecified atom stereocenters. The standard InChI is InChI=1S/C26H25BrN2O5/c1-25(2,3)34-24(32)29-20-8-6-5-7-17(20)26(23(29)31)18(22(30)33-4)11-10-15-16-13-14(27)9-12-19(16)28-21(15)26/h5-10,12-13,18,21,28H,11H2,1-4H3/t18-,21-,26-/m1/s1. The Kier molecular flexibility index (Phi) is 5.13. The first-order chi connectivity index (χ1) is 16.1. The maximum absolute atomic E-state index is 14.4. The van der Waals surface area contributed by atoms with Crippen molar-refractivity contribution in [3.05, 3.63) is 64.1 Å². The van der Waals surface area contributed by atoms with Gasteiger partial charge in [-0.1, -0.05) is 40.2 Å². The van der Waals surface area contributed by atoms with Crippen molar-refractivity contribution in [1.82, 2.24) is 0 Å². The molecule has 2 heterocycles. The van der Waals surface area contributed by atoms with Crippen LogP contribution < -0.4 is 10.2 Å². The van der Waals surface area contributed by atoms with Gasteiger partial charge >= 0.3 is 12.1 Å². The smallest absolute Gasteiger partial charge is 0.421 e. The fraction of sp³-hybridized carbons (Fsp3) is 0.346. The lowest BCUT2D eigenvalue weighted by atomic mass is 9.60. The van der Waals surface area contributed by atoms with Crippen LogP contribution in [0, 0.1) is 5.92 Å². The molecule has 8 heteroatoms. The molecule has 176 valence electrons. The number of carbonyl (C=O) groups is 3. The number of imide groups is 1. The molecule has 0 saturated carbocycles. The molecule has 5 rings (SSSR count). The molecular formula is C26H25BrN2O5. The normalized spacial score (nSPS) is 24.7. The monoisotopic (exact) mass is 524 g/mol. The van der Waals surface area contributed by atoms with Crippen molar-refractivity contribution in [3.63, 3.8) is 0 Å². The van der Waals surface area contributed by atoms with Crippen LogP contribution in [-0.2, 0) is 24.5 Å². The summed E-state index contributed by atoms with van der Waals surface area (Å²) in [6, 6.07) is 12.4. The van der Waals surface area contributed by atoms with Crippen LogP contribution in [0.15, 0.2) is 53.0 Å². The highest BCUT2D eigenvalue weighted by atomic mass is 79.9. The van der Waals surface area contributed by atoms with E-state index in [1.54, 1.807) is 32.9 Å². The summed E-state index contributed by atoms with van der Waals surface area (Å²) >= 11 is 3.53. The quantitative estimate of drug-likeness (QED) is 0.526. The maximum atomic E-state index is 14.4. The van der Waals surface area contributed by atoms with Gasteiger partial charge < -0.3 is 14.8 Å². The maximum Gasteiger partial charge on any atom is 0.421 e. The number of halogens is 1. The van der Waals surface area contributed by atoms with E-state index in [1.807, 2.05) is 36.4 Å². The molecule has 3 atom stereocenters. The van der Waals surface area contributed by atoms with Gasteiger partial charge in [0, 0.05) is 15.7 Å². The predicted molar refractivity (Wildman–Crippen MR) is 131 cm³/mol. The van der Waals surface area contributed by atoms with Gasteiger partial charge in [0.15, 0.2) is 0 Å². The fourth-order valence-corrected chi connectivity index (χ4v) is 5.81. The number of ether oxygens (including phenoxy) is 2. The zero-order chi connectivity index (χ0) is 24.4. The Balaban J connectivity index is 1.73. The van der Waals surface area contributed by atoms with Crippen molar-refractivity contribution >= 4 is 50.8 Å². The Morgan fingerprint density at radius 2 is 1.91 bits per heavy atom. The summed E-state index contributed by atoms with van der Waals surface area (Å²) in [6.45, 7) is 5.25. The molecule has 0 bridgehead atoms. The number of nitrogens with zero attached hydrogens (tertiary/aromatic N) is 1.